The Labute approximate surface area is 67.3 Å². The van der Waals surface area contributed by atoms with Crippen LogP contribution >= 0.6 is 0 Å². The Morgan fingerprint density at radius 1 is 0.444 bits per heavy atom. The van der Waals surface area contributed by atoms with Crippen LogP contribution in [0.25, 0.3) is 0 Å². The summed E-state index contributed by atoms with van der Waals surface area (Å²) < 4.78 is 0. The summed E-state index contributed by atoms with van der Waals surface area (Å²) in [4.78, 5) is 0. The largest absolute Gasteiger partial charge is 3.00 e. The SMILES string of the molecule is [C-]#N.[C-]#N.[C-]#N.[C-]#N.[Rh+3]. The van der Waals surface area contributed by atoms with Gasteiger partial charge in [0.25, 0.3) is 0 Å². The minimum atomic E-state index is 0. The van der Waals surface area contributed by atoms with Gasteiger partial charge >= 0.3 is 19.5 Å². The smallest absolute Gasteiger partial charge is 0.512 e. The molecule has 0 saturated carbocycles. The van der Waals surface area contributed by atoms with Gasteiger partial charge in [-0.05, 0) is 0 Å². The molecule has 0 aromatic heterocycles. The van der Waals surface area contributed by atoms with Gasteiger partial charge in [-0.1, -0.05) is 0 Å². The fourth-order valence-corrected chi connectivity index (χ4v) is 0. The van der Waals surface area contributed by atoms with E-state index in [2.05, 4.69) is 0 Å². The predicted molar refractivity (Wildman–Crippen MR) is 19.9 cm³/mol. The molecule has 0 aliphatic rings. The van der Waals surface area contributed by atoms with Gasteiger partial charge in [-0.25, -0.2) is 0 Å². The van der Waals surface area contributed by atoms with Crippen molar-refractivity contribution < 1.29 is 19.5 Å². The molecule has 0 amide bonds. The van der Waals surface area contributed by atoms with E-state index in [1.807, 2.05) is 0 Å². The van der Waals surface area contributed by atoms with E-state index in [0.29, 0.717) is 0 Å². The molecule has 0 aliphatic heterocycles. The Kier molecular flexibility index (Phi) is 560. The van der Waals surface area contributed by atoms with Crippen molar-refractivity contribution in [1.82, 2.24) is 0 Å². The second kappa shape index (κ2) is 102. The molecule has 0 rings (SSSR count). The van der Waals surface area contributed by atoms with Crippen molar-refractivity contribution in [3.8, 4) is 0 Å². The summed E-state index contributed by atoms with van der Waals surface area (Å²) in [5.41, 5.74) is 0. The molecule has 0 aromatic rings. The average Bonchev–Trinajstić information content (AvgIpc) is 2.03. The summed E-state index contributed by atoms with van der Waals surface area (Å²) in [5.74, 6) is 0. The molecule has 0 spiro atoms. The normalized spacial score (nSPS) is 0.889. The van der Waals surface area contributed by atoms with E-state index in [1.54, 1.807) is 0 Å². The number of hydrogen-bond acceptors (Lipinski definition) is 4. The fourth-order valence-electron chi connectivity index (χ4n) is 0. The zero-order valence-corrected chi connectivity index (χ0v) is 5.76. The molecule has 4 nitrogen and oxygen atoms in total. The van der Waals surface area contributed by atoms with Crippen molar-refractivity contribution in [2.24, 2.45) is 0 Å². The molecule has 0 fully saturated rings. The topological polar surface area (TPSA) is 95.2 Å². The van der Waals surface area contributed by atoms with Crippen LogP contribution in [0.1, 0.15) is 0 Å². The van der Waals surface area contributed by atoms with E-state index in [4.69, 9.17) is 47.3 Å². The Hall–Kier alpha value is -1.42. The third kappa shape index (κ3) is 68.9. The van der Waals surface area contributed by atoms with E-state index in [9.17, 15) is 0 Å². The van der Waals surface area contributed by atoms with Gasteiger partial charge < -0.3 is 47.3 Å². The van der Waals surface area contributed by atoms with E-state index in [0.717, 1.165) is 0 Å². The van der Waals surface area contributed by atoms with Crippen molar-refractivity contribution in [2.75, 3.05) is 0 Å². The van der Waals surface area contributed by atoms with Crippen molar-refractivity contribution in [3.63, 3.8) is 0 Å². The molecule has 5 heteroatoms. The van der Waals surface area contributed by atoms with E-state index >= 15 is 0 Å². The molecule has 0 saturated heterocycles. The first-order valence-corrected chi connectivity index (χ1v) is 0.894. The molecular weight excluding hydrogens is 207 g/mol. The molecule has 46 valence electrons. The van der Waals surface area contributed by atoms with Crippen LogP contribution in [0, 0.1) is 47.3 Å². The Balaban J connectivity index is -0.00000000762. The van der Waals surface area contributed by atoms with Gasteiger partial charge in [-0.15, -0.1) is 0 Å². The summed E-state index contributed by atoms with van der Waals surface area (Å²) in [5, 5.41) is 25.0. The Morgan fingerprint density at radius 3 is 0.444 bits per heavy atom. The molecular formula is C4N4Rh-. The summed E-state index contributed by atoms with van der Waals surface area (Å²) in [7, 11) is 0. The molecule has 0 atom stereocenters. The summed E-state index contributed by atoms with van der Waals surface area (Å²) in [6.07, 6.45) is 0. The van der Waals surface area contributed by atoms with Gasteiger partial charge in [-0.3, -0.25) is 0 Å². The van der Waals surface area contributed by atoms with Crippen molar-refractivity contribution in [2.45, 2.75) is 0 Å². The van der Waals surface area contributed by atoms with Crippen LogP contribution in [-0.2, 0) is 19.5 Å². The van der Waals surface area contributed by atoms with Crippen molar-refractivity contribution in [3.05, 3.63) is 26.3 Å². The molecule has 0 bridgehead atoms. The predicted octanol–water partition coefficient (Wildman–Crippen LogP) is 0.383. The third-order valence-corrected chi connectivity index (χ3v) is 0. The first kappa shape index (κ1) is 49.2. The van der Waals surface area contributed by atoms with Crippen LogP contribution in [0.4, 0.5) is 0 Å². The molecule has 0 radical (unpaired) electrons. The minimum absolute atomic E-state index is 0. The van der Waals surface area contributed by atoms with Crippen LogP contribution in [0.2, 0.25) is 0 Å². The summed E-state index contributed by atoms with van der Waals surface area (Å²) >= 11 is 0. The number of rotatable bonds is 0. The van der Waals surface area contributed by atoms with E-state index < -0.39 is 0 Å². The van der Waals surface area contributed by atoms with Gasteiger partial charge in [0.05, 0.1) is 0 Å². The van der Waals surface area contributed by atoms with Crippen LogP contribution in [-0.4, -0.2) is 0 Å². The Morgan fingerprint density at radius 2 is 0.444 bits per heavy atom. The quantitative estimate of drug-likeness (QED) is 0.423. The molecule has 0 unspecified atom stereocenters. The van der Waals surface area contributed by atoms with Crippen LogP contribution in [0.5, 0.6) is 0 Å². The van der Waals surface area contributed by atoms with E-state index in [1.165, 1.54) is 0 Å². The maximum atomic E-state index is 6.25. The maximum Gasteiger partial charge on any atom is 3.00 e. The van der Waals surface area contributed by atoms with Gasteiger partial charge in [0.2, 0.25) is 0 Å². The van der Waals surface area contributed by atoms with Crippen molar-refractivity contribution >= 4 is 0 Å². The standard InChI is InChI=1S/4CN.Rh/c4*1-2;/q4*-1;+3. The maximum absolute atomic E-state index is 6.25. The summed E-state index contributed by atoms with van der Waals surface area (Å²) in [6.45, 7) is 19.0. The number of hydrogen-bond donors (Lipinski definition) is 0. The minimum Gasteiger partial charge on any atom is -0.512 e. The second-order valence-corrected chi connectivity index (χ2v) is 0. The monoisotopic (exact) mass is 207 g/mol. The molecule has 0 aromatic carbocycles. The molecule has 9 heavy (non-hydrogen) atoms. The van der Waals surface area contributed by atoms with Crippen LogP contribution in [0.15, 0.2) is 0 Å². The molecule has 0 heterocycles. The van der Waals surface area contributed by atoms with Crippen LogP contribution < -0.4 is 0 Å². The van der Waals surface area contributed by atoms with Crippen molar-refractivity contribution in [1.29, 1.82) is 21.0 Å². The second-order valence-electron chi connectivity index (χ2n) is 0. The Bertz CT molecular complexity index is 55.5. The zero-order chi connectivity index (χ0) is 8.00. The fraction of sp³-hybridized carbons (Fsp3) is 0. The average molecular weight is 207 g/mol. The van der Waals surface area contributed by atoms with Gasteiger partial charge in [-0.2, -0.15) is 0 Å². The number of nitrogens with zero attached hydrogens (tertiary/aromatic N) is 4. The zero-order valence-electron chi connectivity index (χ0n) is 4.12. The molecule has 0 N–H and O–H groups in total. The summed E-state index contributed by atoms with van der Waals surface area (Å²) in [6, 6.07) is 0. The first-order valence-electron chi connectivity index (χ1n) is 0.894. The van der Waals surface area contributed by atoms with E-state index in [-0.39, 0.29) is 19.5 Å². The van der Waals surface area contributed by atoms with Crippen LogP contribution in [0.3, 0.4) is 0 Å². The van der Waals surface area contributed by atoms with Gasteiger partial charge in [0, 0.05) is 0 Å². The first-order chi connectivity index (χ1) is 4.00. The third-order valence-electron chi connectivity index (χ3n) is 0. The van der Waals surface area contributed by atoms with Gasteiger partial charge in [0.15, 0.2) is 0 Å². The van der Waals surface area contributed by atoms with Gasteiger partial charge in [0.1, 0.15) is 0 Å². The molecule has 0 aliphatic carbocycles.